The van der Waals surface area contributed by atoms with E-state index in [9.17, 15) is 14.8 Å². The third kappa shape index (κ3) is 3.85. The molecule has 0 bridgehead atoms. The number of nitrogens with one attached hydrogen (secondary N) is 1. The van der Waals surface area contributed by atoms with Crippen molar-refractivity contribution in [2.75, 3.05) is 0 Å². The number of fused-ring (bicyclic) bond motifs is 1. The summed E-state index contributed by atoms with van der Waals surface area (Å²) < 4.78 is 11.2. The van der Waals surface area contributed by atoms with Gasteiger partial charge in [-0.05, 0) is 18.4 Å². The third-order valence-corrected chi connectivity index (χ3v) is 3.72. The van der Waals surface area contributed by atoms with Gasteiger partial charge in [-0.1, -0.05) is 13.3 Å². The normalized spacial score (nSPS) is 10.9. The van der Waals surface area contributed by atoms with Gasteiger partial charge in [-0.25, -0.2) is 4.79 Å². The van der Waals surface area contributed by atoms with E-state index in [2.05, 4.69) is 9.97 Å². The summed E-state index contributed by atoms with van der Waals surface area (Å²) in [6, 6.07) is 4.47. The number of hydrogen-bond donors (Lipinski definition) is 1. The molecule has 0 aliphatic rings. The second-order valence-corrected chi connectivity index (χ2v) is 5.60. The Morgan fingerprint density at radius 3 is 2.80 bits per heavy atom. The van der Waals surface area contributed by atoms with Crippen molar-refractivity contribution in [1.29, 1.82) is 0 Å². The number of aromatic nitrogens is 3. The highest BCUT2D eigenvalue weighted by Crippen LogP contribution is 2.15. The zero-order chi connectivity index (χ0) is 17.8. The monoisotopic (exact) mass is 343 g/mol. The summed E-state index contributed by atoms with van der Waals surface area (Å²) in [5.41, 5.74) is 0.346. The molecule has 0 aliphatic carbocycles. The van der Waals surface area contributed by atoms with Crippen LogP contribution < -0.4 is 20.7 Å². The van der Waals surface area contributed by atoms with Crippen LogP contribution >= 0.6 is 0 Å². The van der Waals surface area contributed by atoms with Crippen LogP contribution in [0.25, 0.3) is 11.1 Å². The molecule has 8 nitrogen and oxygen atoms in total. The van der Waals surface area contributed by atoms with Crippen LogP contribution in [0.4, 0.5) is 0 Å². The lowest BCUT2D eigenvalue weighted by Gasteiger charge is -2.07. The van der Waals surface area contributed by atoms with E-state index in [4.69, 9.17) is 9.15 Å². The minimum atomic E-state index is -0.550. The summed E-state index contributed by atoms with van der Waals surface area (Å²) in [4.78, 5) is 30.7. The maximum atomic E-state index is 12.4. The quantitative estimate of drug-likeness (QED) is 0.535. The molecule has 0 aromatic carbocycles. The summed E-state index contributed by atoms with van der Waals surface area (Å²) in [6.07, 6.45) is 5.07. The third-order valence-electron chi connectivity index (χ3n) is 3.72. The van der Waals surface area contributed by atoms with Crippen molar-refractivity contribution in [3.63, 3.8) is 0 Å². The van der Waals surface area contributed by atoms with Crippen molar-refractivity contribution in [2.45, 2.75) is 32.8 Å². The van der Waals surface area contributed by atoms with Gasteiger partial charge in [-0.15, -0.1) is 0 Å². The fraction of sp³-hybridized carbons (Fsp3) is 0.294. The van der Waals surface area contributed by atoms with Crippen LogP contribution in [0.1, 0.15) is 30.9 Å². The van der Waals surface area contributed by atoms with Crippen molar-refractivity contribution >= 4 is 11.1 Å². The van der Waals surface area contributed by atoms with Crippen molar-refractivity contribution in [2.24, 2.45) is 0 Å². The first kappa shape index (κ1) is 16.7. The second-order valence-electron chi connectivity index (χ2n) is 5.60. The number of aromatic amines is 1. The van der Waals surface area contributed by atoms with Gasteiger partial charge in [0.05, 0.1) is 0 Å². The average molecular weight is 343 g/mol. The van der Waals surface area contributed by atoms with Gasteiger partial charge in [0.25, 0.3) is 11.6 Å². The van der Waals surface area contributed by atoms with E-state index in [0.29, 0.717) is 16.7 Å². The summed E-state index contributed by atoms with van der Waals surface area (Å²) in [6.45, 7) is 2.13. The van der Waals surface area contributed by atoms with E-state index >= 15 is 0 Å². The smallest absolute Gasteiger partial charge is 0.337 e. The molecular weight excluding hydrogens is 326 g/mol. The van der Waals surface area contributed by atoms with Crippen LogP contribution in [-0.2, 0) is 13.0 Å². The van der Waals surface area contributed by atoms with Gasteiger partial charge in [0.2, 0.25) is 5.71 Å². The Balaban J connectivity index is 1.91. The predicted molar refractivity (Wildman–Crippen MR) is 89.2 cm³/mol. The van der Waals surface area contributed by atoms with Crippen molar-refractivity contribution in [3.05, 3.63) is 67.7 Å². The standard InChI is InChI=1S/C17H17N3O5/c1-2-3-4-12-9-13(21)25-16-14(12)15(22)18-17(19-16)24-10-11-5-7-20(23)8-6-11/h5-9H,2-4,10H2,1H3,(H,18,19,22). The molecule has 8 heteroatoms. The first-order valence-electron chi connectivity index (χ1n) is 7.94. The first-order valence-corrected chi connectivity index (χ1v) is 7.94. The molecule has 0 spiro atoms. The highest BCUT2D eigenvalue weighted by atomic mass is 16.5. The SMILES string of the molecule is CCCCc1cc(=O)oc2nc(OCc3cc[n+]([O-])cc3)[nH]c(=O)c12. The van der Waals surface area contributed by atoms with Crippen molar-refractivity contribution in [1.82, 2.24) is 9.97 Å². The molecule has 1 N–H and O–H groups in total. The summed E-state index contributed by atoms with van der Waals surface area (Å²) in [5.74, 6) is 0. The zero-order valence-electron chi connectivity index (χ0n) is 13.7. The number of H-pyrrole nitrogens is 1. The molecule has 0 atom stereocenters. The maximum Gasteiger partial charge on any atom is 0.337 e. The number of rotatable bonds is 6. The van der Waals surface area contributed by atoms with Gasteiger partial charge >= 0.3 is 5.63 Å². The first-order chi connectivity index (χ1) is 12.1. The van der Waals surface area contributed by atoms with Gasteiger partial charge in [-0.3, -0.25) is 9.78 Å². The van der Waals surface area contributed by atoms with Crippen LogP contribution in [-0.4, -0.2) is 9.97 Å². The number of unbranched alkanes of at least 4 members (excludes halogenated alkanes) is 1. The number of nitrogens with zero attached hydrogens (tertiary/aromatic N) is 2. The highest BCUT2D eigenvalue weighted by molar-refractivity contribution is 5.75. The molecule has 3 aromatic heterocycles. The molecule has 3 heterocycles. The summed E-state index contributed by atoms with van der Waals surface area (Å²) >= 11 is 0. The molecule has 0 saturated heterocycles. The van der Waals surface area contributed by atoms with Crippen LogP contribution in [0.5, 0.6) is 6.01 Å². The van der Waals surface area contributed by atoms with Crippen LogP contribution in [0, 0.1) is 5.21 Å². The lowest BCUT2D eigenvalue weighted by Crippen LogP contribution is -2.24. The van der Waals surface area contributed by atoms with Gasteiger partial charge in [-0.2, -0.15) is 9.71 Å². The lowest BCUT2D eigenvalue weighted by molar-refractivity contribution is -0.605. The lowest BCUT2D eigenvalue weighted by atomic mass is 10.1. The van der Waals surface area contributed by atoms with E-state index in [1.807, 2.05) is 6.92 Å². The fourth-order valence-electron chi connectivity index (χ4n) is 2.45. The number of hydrogen-bond acceptors (Lipinski definition) is 6. The van der Waals surface area contributed by atoms with E-state index < -0.39 is 11.2 Å². The molecule has 3 rings (SSSR count). The Hall–Kier alpha value is -3.16. The Kier molecular flexibility index (Phi) is 4.78. The Labute approximate surface area is 142 Å². The Morgan fingerprint density at radius 2 is 2.08 bits per heavy atom. The summed E-state index contributed by atoms with van der Waals surface area (Å²) in [7, 11) is 0. The minimum absolute atomic E-state index is 0.0391. The molecular formula is C17H17N3O5. The van der Waals surface area contributed by atoms with Crippen molar-refractivity contribution < 1.29 is 13.9 Å². The van der Waals surface area contributed by atoms with Gasteiger partial charge in [0.15, 0.2) is 12.4 Å². The van der Waals surface area contributed by atoms with Crippen LogP contribution in [0.3, 0.4) is 0 Å². The molecule has 0 unspecified atom stereocenters. The molecule has 0 amide bonds. The fourth-order valence-corrected chi connectivity index (χ4v) is 2.45. The molecule has 130 valence electrons. The average Bonchev–Trinajstić information content (AvgIpc) is 2.58. The number of ether oxygens (including phenoxy) is 1. The molecule has 3 aromatic rings. The number of aryl methyl sites for hydroxylation is 1. The molecule has 0 radical (unpaired) electrons. The Bertz CT molecular complexity index is 992. The molecule has 0 saturated carbocycles. The van der Waals surface area contributed by atoms with E-state index in [0.717, 1.165) is 18.4 Å². The largest absolute Gasteiger partial charge is 0.619 e. The number of pyridine rings is 1. The van der Waals surface area contributed by atoms with Crippen LogP contribution in [0.15, 0.2) is 44.6 Å². The summed E-state index contributed by atoms with van der Waals surface area (Å²) in [5, 5.41) is 11.3. The molecule has 0 fully saturated rings. The Morgan fingerprint density at radius 1 is 1.32 bits per heavy atom. The van der Waals surface area contributed by atoms with Gasteiger partial charge in [0, 0.05) is 23.8 Å². The minimum Gasteiger partial charge on any atom is -0.619 e. The predicted octanol–water partition coefficient (Wildman–Crippen LogP) is 1.43. The van der Waals surface area contributed by atoms with Gasteiger partial charge < -0.3 is 14.4 Å². The van der Waals surface area contributed by atoms with E-state index in [-0.39, 0.29) is 23.7 Å². The zero-order valence-corrected chi connectivity index (χ0v) is 13.7. The van der Waals surface area contributed by atoms with Crippen molar-refractivity contribution in [3.8, 4) is 6.01 Å². The maximum absolute atomic E-state index is 12.4. The molecule has 25 heavy (non-hydrogen) atoms. The highest BCUT2D eigenvalue weighted by Gasteiger charge is 2.13. The van der Waals surface area contributed by atoms with Crippen LogP contribution in [0.2, 0.25) is 0 Å². The van der Waals surface area contributed by atoms with Gasteiger partial charge in [0.1, 0.15) is 12.0 Å². The second kappa shape index (κ2) is 7.16. The van der Waals surface area contributed by atoms with E-state index in [1.54, 1.807) is 12.1 Å². The topological polar surface area (TPSA) is 112 Å². The van der Waals surface area contributed by atoms with E-state index in [1.165, 1.54) is 18.5 Å². The molecule has 0 aliphatic heterocycles.